The molecule has 0 bridgehead atoms. The Labute approximate surface area is 143 Å². The molecular weight excluding hydrogens is 302 g/mol. The van der Waals surface area contributed by atoms with Crippen LogP contribution < -0.4 is 5.32 Å². The largest absolute Gasteiger partial charge is 0.371 e. The molecule has 1 aromatic carbocycles. The van der Waals surface area contributed by atoms with Gasteiger partial charge < -0.3 is 10.1 Å². The maximum absolute atomic E-state index is 12.3. The molecule has 0 radical (unpaired) electrons. The van der Waals surface area contributed by atoms with Crippen LogP contribution in [0.4, 0.5) is 0 Å². The molecule has 1 saturated heterocycles. The molecule has 128 valence electrons. The van der Waals surface area contributed by atoms with Crippen molar-refractivity contribution in [2.75, 3.05) is 6.61 Å². The van der Waals surface area contributed by atoms with E-state index in [9.17, 15) is 4.79 Å². The zero-order valence-corrected chi connectivity index (χ0v) is 14.4. The summed E-state index contributed by atoms with van der Waals surface area (Å²) in [4.78, 5) is 12.3. The number of amides is 1. The van der Waals surface area contributed by atoms with E-state index in [4.69, 9.17) is 4.74 Å². The third-order valence-electron chi connectivity index (χ3n) is 4.47. The summed E-state index contributed by atoms with van der Waals surface area (Å²) in [5, 5.41) is 7.30. The maximum atomic E-state index is 12.3. The minimum Gasteiger partial charge on any atom is -0.371 e. The summed E-state index contributed by atoms with van der Waals surface area (Å²) >= 11 is 0. The Balaban J connectivity index is 1.58. The highest BCUT2D eigenvalue weighted by molar-refractivity contribution is 5.76. The van der Waals surface area contributed by atoms with Crippen LogP contribution in [-0.4, -0.2) is 28.3 Å². The molecule has 3 rings (SSSR count). The van der Waals surface area contributed by atoms with Crippen molar-refractivity contribution in [3.63, 3.8) is 0 Å². The molecule has 1 aromatic heterocycles. The van der Waals surface area contributed by atoms with Crippen molar-refractivity contribution >= 4 is 5.91 Å². The summed E-state index contributed by atoms with van der Waals surface area (Å²) in [6.07, 6.45) is 6.83. The van der Waals surface area contributed by atoms with E-state index in [2.05, 4.69) is 41.6 Å². The van der Waals surface area contributed by atoms with Gasteiger partial charge in [-0.3, -0.25) is 9.48 Å². The van der Waals surface area contributed by atoms with Gasteiger partial charge in [-0.05, 0) is 37.3 Å². The minimum absolute atomic E-state index is 0.0443. The van der Waals surface area contributed by atoms with E-state index in [1.807, 2.05) is 19.4 Å². The van der Waals surface area contributed by atoms with Gasteiger partial charge in [0.25, 0.3) is 0 Å². The fourth-order valence-corrected chi connectivity index (χ4v) is 3.15. The lowest BCUT2D eigenvalue weighted by Crippen LogP contribution is -2.42. The fraction of sp³-hybridized carbons (Fsp3) is 0.474. The highest BCUT2D eigenvalue weighted by Crippen LogP contribution is 2.28. The topological polar surface area (TPSA) is 56.1 Å². The Bertz CT molecular complexity index is 678. The highest BCUT2D eigenvalue weighted by atomic mass is 16.5. The summed E-state index contributed by atoms with van der Waals surface area (Å²) < 4.78 is 7.71. The van der Waals surface area contributed by atoms with E-state index in [1.54, 1.807) is 4.68 Å². The lowest BCUT2D eigenvalue weighted by molar-refractivity contribution is -0.124. The van der Waals surface area contributed by atoms with E-state index >= 15 is 0 Å². The molecule has 2 aromatic rings. The van der Waals surface area contributed by atoms with Crippen molar-refractivity contribution in [3.05, 3.63) is 53.3 Å². The first-order chi connectivity index (χ1) is 11.6. The number of carbonyl (C=O) groups excluding carboxylic acids is 1. The van der Waals surface area contributed by atoms with Crippen molar-refractivity contribution in [3.8, 4) is 0 Å². The number of aromatic nitrogens is 2. The van der Waals surface area contributed by atoms with Gasteiger partial charge in [-0.2, -0.15) is 5.10 Å². The maximum Gasteiger partial charge on any atom is 0.220 e. The minimum atomic E-state index is -0.0540. The van der Waals surface area contributed by atoms with Crippen molar-refractivity contribution < 1.29 is 9.53 Å². The summed E-state index contributed by atoms with van der Waals surface area (Å²) in [6, 6.07) is 8.42. The molecule has 0 aliphatic carbocycles. The summed E-state index contributed by atoms with van der Waals surface area (Å²) in [5.74, 6) is 0.0754. The number of hydrogen-bond donors (Lipinski definition) is 1. The standard InChI is InChI=1S/C19H25N3O2/c1-14-5-8-16(9-6-14)19-17(4-3-11-24-19)21-18(23)10-7-15-12-20-22(2)13-15/h5-6,8-9,12-13,17,19H,3-4,7,10-11H2,1-2H3,(H,21,23)/t17-,19-/m1/s1. The molecule has 24 heavy (non-hydrogen) atoms. The van der Waals surface area contributed by atoms with Gasteiger partial charge in [0.15, 0.2) is 0 Å². The molecule has 2 heterocycles. The molecule has 5 nitrogen and oxygen atoms in total. The molecule has 1 aliphatic heterocycles. The van der Waals surface area contributed by atoms with Crippen LogP contribution >= 0.6 is 0 Å². The Kier molecular flexibility index (Phi) is 5.30. The van der Waals surface area contributed by atoms with Crippen LogP contribution in [0.2, 0.25) is 0 Å². The second kappa shape index (κ2) is 7.62. The predicted octanol–water partition coefficient (Wildman–Crippen LogP) is 2.70. The molecular formula is C19H25N3O2. The zero-order chi connectivity index (χ0) is 16.9. The van der Waals surface area contributed by atoms with E-state index in [0.29, 0.717) is 12.8 Å². The van der Waals surface area contributed by atoms with Crippen LogP contribution in [0.15, 0.2) is 36.7 Å². The van der Waals surface area contributed by atoms with Crippen LogP contribution in [0.3, 0.4) is 0 Å². The van der Waals surface area contributed by atoms with Crippen molar-refractivity contribution in [2.24, 2.45) is 7.05 Å². The number of nitrogens with one attached hydrogen (secondary N) is 1. The van der Waals surface area contributed by atoms with Crippen LogP contribution in [0.5, 0.6) is 0 Å². The molecule has 1 fully saturated rings. The fourth-order valence-electron chi connectivity index (χ4n) is 3.15. The Morgan fingerprint density at radius 1 is 1.38 bits per heavy atom. The second-order valence-corrected chi connectivity index (χ2v) is 6.54. The van der Waals surface area contributed by atoms with Gasteiger partial charge in [0.1, 0.15) is 6.10 Å². The first-order valence-corrected chi connectivity index (χ1v) is 8.57. The second-order valence-electron chi connectivity index (χ2n) is 6.54. The third kappa shape index (κ3) is 4.23. The molecule has 0 saturated carbocycles. The normalized spacial score (nSPS) is 20.8. The van der Waals surface area contributed by atoms with Gasteiger partial charge in [-0.1, -0.05) is 29.8 Å². The number of benzene rings is 1. The number of nitrogens with zero attached hydrogens (tertiary/aromatic N) is 2. The van der Waals surface area contributed by atoms with Gasteiger partial charge in [0.05, 0.1) is 12.2 Å². The highest BCUT2D eigenvalue weighted by Gasteiger charge is 2.28. The van der Waals surface area contributed by atoms with E-state index < -0.39 is 0 Å². The first kappa shape index (κ1) is 16.7. The number of ether oxygens (including phenoxy) is 1. The van der Waals surface area contributed by atoms with Gasteiger partial charge >= 0.3 is 0 Å². The predicted molar refractivity (Wildman–Crippen MR) is 92.6 cm³/mol. The lowest BCUT2D eigenvalue weighted by Gasteiger charge is -2.32. The van der Waals surface area contributed by atoms with Gasteiger partial charge in [-0.25, -0.2) is 0 Å². The molecule has 2 atom stereocenters. The number of aryl methyl sites for hydroxylation is 3. The van der Waals surface area contributed by atoms with Crippen LogP contribution in [-0.2, 0) is 23.0 Å². The van der Waals surface area contributed by atoms with Gasteiger partial charge in [0.2, 0.25) is 5.91 Å². The lowest BCUT2D eigenvalue weighted by atomic mass is 9.95. The molecule has 5 heteroatoms. The summed E-state index contributed by atoms with van der Waals surface area (Å²) in [7, 11) is 1.88. The van der Waals surface area contributed by atoms with E-state index in [0.717, 1.165) is 30.6 Å². The first-order valence-electron chi connectivity index (χ1n) is 8.57. The molecule has 0 unspecified atom stereocenters. The van der Waals surface area contributed by atoms with Crippen LogP contribution in [0, 0.1) is 6.92 Å². The van der Waals surface area contributed by atoms with Gasteiger partial charge in [-0.15, -0.1) is 0 Å². The number of carbonyl (C=O) groups is 1. The Morgan fingerprint density at radius 3 is 2.88 bits per heavy atom. The van der Waals surface area contributed by atoms with Crippen molar-refractivity contribution in [1.29, 1.82) is 0 Å². The summed E-state index contributed by atoms with van der Waals surface area (Å²) in [5.41, 5.74) is 3.45. The Hall–Kier alpha value is -2.14. The molecule has 0 spiro atoms. The average Bonchev–Trinajstić information content (AvgIpc) is 3.00. The van der Waals surface area contributed by atoms with Crippen LogP contribution in [0.25, 0.3) is 0 Å². The van der Waals surface area contributed by atoms with Crippen molar-refractivity contribution in [2.45, 2.75) is 44.8 Å². The average molecular weight is 327 g/mol. The summed E-state index contributed by atoms with van der Waals surface area (Å²) in [6.45, 7) is 2.82. The van der Waals surface area contributed by atoms with E-state index in [-0.39, 0.29) is 18.1 Å². The van der Waals surface area contributed by atoms with Crippen molar-refractivity contribution in [1.82, 2.24) is 15.1 Å². The molecule has 1 aliphatic rings. The van der Waals surface area contributed by atoms with Crippen LogP contribution in [0.1, 0.15) is 42.1 Å². The number of hydrogen-bond acceptors (Lipinski definition) is 3. The SMILES string of the molecule is Cc1ccc([C@H]2OCCC[C@H]2NC(=O)CCc2cnn(C)c2)cc1. The monoisotopic (exact) mass is 327 g/mol. The molecule has 1 N–H and O–H groups in total. The smallest absolute Gasteiger partial charge is 0.220 e. The van der Waals surface area contributed by atoms with Gasteiger partial charge in [0, 0.05) is 26.3 Å². The quantitative estimate of drug-likeness (QED) is 0.918. The van der Waals surface area contributed by atoms with E-state index in [1.165, 1.54) is 5.56 Å². The molecule has 1 amide bonds. The Morgan fingerprint density at radius 2 is 2.17 bits per heavy atom. The number of rotatable bonds is 5. The third-order valence-corrected chi connectivity index (χ3v) is 4.47. The zero-order valence-electron chi connectivity index (χ0n) is 14.4.